The fourth-order valence-electron chi connectivity index (χ4n) is 4.97. The van der Waals surface area contributed by atoms with Crippen LogP contribution < -0.4 is 10.6 Å². The number of alkyl halides is 3. The zero-order chi connectivity index (χ0) is 29.1. The highest BCUT2D eigenvalue weighted by molar-refractivity contribution is 5.98. The van der Waals surface area contributed by atoms with Crippen molar-refractivity contribution in [1.82, 2.24) is 19.8 Å². The van der Waals surface area contributed by atoms with Crippen LogP contribution in [0, 0.1) is 5.41 Å². The van der Waals surface area contributed by atoms with E-state index in [4.69, 9.17) is 9.90 Å². The number of fused-ring (bicyclic) bond motifs is 2. The second kappa shape index (κ2) is 11.5. The van der Waals surface area contributed by atoms with Gasteiger partial charge < -0.3 is 25.2 Å². The van der Waals surface area contributed by atoms with E-state index in [0.29, 0.717) is 18.8 Å². The summed E-state index contributed by atoms with van der Waals surface area (Å²) >= 11 is 0. The highest BCUT2D eigenvalue weighted by Crippen LogP contribution is 2.39. The lowest BCUT2D eigenvalue weighted by atomic mass is 9.71. The number of amides is 2. The van der Waals surface area contributed by atoms with E-state index in [1.807, 2.05) is 32.3 Å². The molecule has 2 amide bonds. The number of carbonyl (C=O) groups is 3. The van der Waals surface area contributed by atoms with Gasteiger partial charge in [0.15, 0.2) is 0 Å². The van der Waals surface area contributed by atoms with Gasteiger partial charge in [0.05, 0.1) is 12.0 Å². The Morgan fingerprint density at radius 1 is 1.20 bits per heavy atom. The number of carboxylic acid groups (broad SMARTS) is 1. The van der Waals surface area contributed by atoms with Gasteiger partial charge in [-0.05, 0) is 73.1 Å². The highest BCUT2D eigenvalue weighted by atomic mass is 19.4. The summed E-state index contributed by atoms with van der Waals surface area (Å²) in [5, 5.41) is 14.6. The molecule has 1 aromatic carbocycles. The second-order valence-corrected chi connectivity index (χ2v) is 10.0. The molecule has 40 heavy (non-hydrogen) atoms. The summed E-state index contributed by atoms with van der Waals surface area (Å²) in [5.74, 6) is -2.11. The summed E-state index contributed by atoms with van der Waals surface area (Å²) in [6.45, 7) is 2.24. The number of carbonyl (C=O) groups excluding carboxylic acids is 2. The van der Waals surface area contributed by atoms with Gasteiger partial charge in [-0.25, -0.2) is 9.78 Å². The van der Waals surface area contributed by atoms with Crippen LogP contribution in [0.5, 0.6) is 0 Å². The summed E-state index contributed by atoms with van der Waals surface area (Å²) in [6, 6.07) is 12.4. The van der Waals surface area contributed by atoms with Crippen molar-refractivity contribution in [1.29, 1.82) is 0 Å². The van der Waals surface area contributed by atoms with E-state index in [2.05, 4.69) is 38.4 Å². The van der Waals surface area contributed by atoms with Crippen LogP contribution in [0.3, 0.4) is 0 Å². The molecule has 2 aromatic heterocycles. The molecular weight excluding hydrogens is 527 g/mol. The van der Waals surface area contributed by atoms with E-state index >= 15 is 0 Å². The number of hydrogen-bond donors (Lipinski definition) is 3. The maximum atomic E-state index is 12.8. The third-order valence-corrected chi connectivity index (χ3v) is 7.28. The Balaban J connectivity index is 0.000000470. The molecule has 9 nitrogen and oxygen atoms in total. The van der Waals surface area contributed by atoms with Gasteiger partial charge in [-0.15, -0.1) is 0 Å². The predicted octanol–water partition coefficient (Wildman–Crippen LogP) is 3.74. The van der Waals surface area contributed by atoms with Gasteiger partial charge in [-0.2, -0.15) is 13.2 Å². The standard InChI is InChI=1S/C26H29N5O2.C2HF3O2/c1-30(17-21-14-19-5-3-4-6-22(19)31(21)2)23(32)8-7-18-13-20-15-26(9-11-27-12-10-26)25(33)29-24(20)28-16-18;3-2(4,5)1(6)7/h3-8,13-14,16,27H,9-12,15,17H2,1-2H3,(H,28,29,33);(H,6,7)/b8-7+;. The Kier molecular flexibility index (Phi) is 8.29. The maximum absolute atomic E-state index is 12.8. The van der Waals surface area contributed by atoms with Crippen molar-refractivity contribution in [2.45, 2.75) is 32.0 Å². The van der Waals surface area contributed by atoms with Crippen LogP contribution in [-0.4, -0.2) is 63.7 Å². The number of nitrogens with one attached hydrogen (secondary N) is 2. The zero-order valence-electron chi connectivity index (χ0n) is 22.1. The molecule has 0 bridgehead atoms. The number of anilines is 1. The average Bonchev–Trinajstić information content (AvgIpc) is 3.23. The molecule has 1 fully saturated rings. The highest BCUT2D eigenvalue weighted by Gasteiger charge is 2.43. The van der Waals surface area contributed by atoms with Crippen LogP contribution in [0.15, 0.2) is 48.7 Å². The van der Waals surface area contributed by atoms with Crippen LogP contribution >= 0.6 is 0 Å². The van der Waals surface area contributed by atoms with Crippen molar-refractivity contribution >= 4 is 40.6 Å². The molecule has 212 valence electrons. The van der Waals surface area contributed by atoms with Crippen LogP contribution in [0.2, 0.25) is 0 Å². The molecule has 4 heterocycles. The minimum atomic E-state index is -5.08. The number of rotatable bonds is 4. The van der Waals surface area contributed by atoms with Crippen LogP contribution in [0.4, 0.5) is 19.0 Å². The molecule has 0 unspecified atom stereocenters. The third-order valence-electron chi connectivity index (χ3n) is 7.28. The third kappa shape index (κ3) is 6.33. The number of pyridine rings is 1. The van der Waals surface area contributed by atoms with E-state index in [1.165, 1.54) is 5.39 Å². The number of para-hydroxylation sites is 1. The normalized spacial score (nSPS) is 16.3. The van der Waals surface area contributed by atoms with Gasteiger partial charge in [-0.3, -0.25) is 9.59 Å². The van der Waals surface area contributed by atoms with Crippen molar-refractivity contribution in [2.24, 2.45) is 12.5 Å². The number of aryl methyl sites for hydroxylation is 1. The summed E-state index contributed by atoms with van der Waals surface area (Å²) in [6.07, 6.45) is 2.37. The SMILES string of the molecule is CN(Cc1cc2ccccc2n1C)C(=O)/C=C/c1cnc2c(c1)CC1(CCNCC1)C(=O)N2.O=C(O)C(F)(F)F. The number of piperidine rings is 1. The van der Waals surface area contributed by atoms with Crippen LogP contribution in [0.1, 0.15) is 29.7 Å². The molecule has 3 aromatic rings. The van der Waals surface area contributed by atoms with Gasteiger partial charge in [0.25, 0.3) is 0 Å². The molecule has 0 saturated carbocycles. The lowest BCUT2D eigenvalue weighted by molar-refractivity contribution is -0.192. The van der Waals surface area contributed by atoms with Crippen molar-refractivity contribution in [2.75, 3.05) is 25.5 Å². The Hall–Kier alpha value is -4.19. The molecule has 5 rings (SSSR count). The van der Waals surface area contributed by atoms with E-state index in [0.717, 1.165) is 48.3 Å². The molecule has 1 spiro atoms. The first-order valence-electron chi connectivity index (χ1n) is 12.7. The first-order valence-corrected chi connectivity index (χ1v) is 12.7. The fourth-order valence-corrected chi connectivity index (χ4v) is 4.97. The van der Waals surface area contributed by atoms with Crippen molar-refractivity contribution < 1.29 is 32.7 Å². The molecule has 0 radical (unpaired) electrons. The maximum Gasteiger partial charge on any atom is 0.490 e. The molecular formula is C28H30F3N5O4. The van der Waals surface area contributed by atoms with Crippen molar-refractivity contribution in [3.63, 3.8) is 0 Å². The Labute approximate surface area is 228 Å². The molecule has 2 aliphatic heterocycles. The number of benzene rings is 1. The summed E-state index contributed by atoms with van der Waals surface area (Å²) < 4.78 is 33.9. The predicted molar refractivity (Wildman–Crippen MR) is 143 cm³/mol. The smallest absolute Gasteiger partial charge is 0.475 e. The Morgan fingerprint density at radius 2 is 1.88 bits per heavy atom. The number of hydrogen-bond acceptors (Lipinski definition) is 5. The quantitative estimate of drug-likeness (QED) is 0.421. The lowest BCUT2D eigenvalue weighted by Crippen LogP contribution is -2.48. The monoisotopic (exact) mass is 557 g/mol. The van der Waals surface area contributed by atoms with Crippen LogP contribution in [-0.2, 0) is 34.4 Å². The number of halogens is 3. The van der Waals surface area contributed by atoms with E-state index in [9.17, 15) is 22.8 Å². The summed E-state index contributed by atoms with van der Waals surface area (Å²) in [7, 11) is 3.84. The van der Waals surface area contributed by atoms with Gasteiger partial charge in [0.2, 0.25) is 11.8 Å². The first-order chi connectivity index (χ1) is 18.9. The van der Waals surface area contributed by atoms with Gasteiger partial charge in [0, 0.05) is 37.6 Å². The molecule has 2 aliphatic rings. The number of nitrogens with zero attached hydrogens (tertiary/aromatic N) is 3. The van der Waals surface area contributed by atoms with Gasteiger partial charge in [0.1, 0.15) is 5.82 Å². The second-order valence-electron chi connectivity index (χ2n) is 10.0. The lowest BCUT2D eigenvalue weighted by Gasteiger charge is -2.39. The molecule has 12 heteroatoms. The summed E-state index contributed by atoms with van der Waals surface area (Å²) in [4.78, 5) is 40.5. The average molecular weight is 558 g/mol. The number of likely N-dealkylation sites (N-methyl/N-ethyl adjacent to an activating group) is 1. The number of aliphatic carboxylic acids is 1. The van der Waals surface area contributed by atoms with Gasteiger partial charge >= 0.3 is 12.1 Å². The zero-order valence-corrected chi connectivity index (χ0v) is 22.1. The van der Waals surface area contributed by atoms with Gasteiger partial charge in [-0.1, -0.05) is 18.2 Å². The number of aromatic nitrogens is 2. The number of carboxylic acids is 1. The first kappa shape index (κ1) is 28.8. The van der Waals surface area contributed by atoms with E-state index in [1.54, 1.807) is 23.2 Å². The van der Waals surface area contributed by atoms with E-state index < -0.39 is 12.1 Å². The molecule has 1 saturated heterocycles. The Morgan fingerprint density at radius 3 is 2.52 bits per heavy atom. The minimum absolute atomic E-state index is 0.0684. The Bertz CT molecular complexity index is 1460. The summed E-state index contributed by atoms with van der Waals surface area (Å²) in [5.41, 5.74) is 3.79. The van der Waals surface area contributed by atoms with Crippen molar-refractivity contribution in [3.8, 4) is 0 Å². The largest absolute Gasteiger partial charge is 0.490 e. The molecule has 3 N–H and O–H groups in total. The molecule has 0 aliphatic carbocycles. The van der Waals surface area contributed by atoms with E-state index in [-0.39, 0.29) is 17.2 Å². The minimum Gasteiger partial charge on any atom is -0.475 e. The van der Waals surface area contributed by atoms with Crippen LogP contribution in [0.25, 0.3) is 17.0 Å². The fraction of sp³-hybridized carbons (Fsp3) is 0.357. The van der Waals surface area contributed by atoms with Crippen molar-refractivity contribution in [3.05, 3.63) is 65.5 Å². The topological polar surface area (TPSA) is 117 Å². The molecule has 0 atom stereocenters.